The van der Waals surface area contributed by atoms with E-state index < -0.39 is 0 Å². The lowest BCUT2D eigenvalue weighted by Gasteiger charge is -2.35. The molecule has 4 aromatic heterocycles. The van der Waals surface area contributed by atoms with Crippen molar-refractivity contribution < 1.29 is 14.3 Å². The van der Waals surface area contributed by atoms with Crippen molar-refractivity contribution in [2.75, 3.05) is 46.7 Å². The highest BCUT2D eigenvalue weighted by atomic mass is 16.5. The second kappa shape index (κ2) is 9.40. The molecule has 0 radical (unpaired) electrons. The molecule has 1 aliphatic heterocycles. The number of methoxy groups -OCH3 is 2. The van der Waals surface area contributed by atoms with Gasteiger partial charge in [0.1, 0.15) is 17.0 Å². The third-order valence-corrected chi connectivity index (χ3v) is 7.75. The first-order chi connectivity index (χ1) is 18.0. The van der Waals surface area contributed by atoms with Crippen molar-refractivity contribution in [2.45, 2.75) is 37.1 Å². The van der Waals surface area contributed by atoms with E-state index in [1.807, 2.05) is 25.4 Å². The largest absolute Gasteiger partial charge is 0.379 e. The van der Waals surface area contributed by atoms with Gasteiger partial charge in [-0.05, 0) is 32.0 Å². The number of anilines is 1. The van der Waals surface area contributed by atoms with Crippen LogP contribution in [0.5, 0.6) is 0 Å². The van der Waals surface area contributed by atoms with Crippen LogP contribution >= 0.6 is 0 Å². The molecule has 1 saturated carbocycles. The van der Waals surface area contributed by atoms with Gasteiger partial charge >= 0.3 is 0 Å². The molecule has 1 saturated heterocycles. The number of ether oxygens (including phenoxy) is 2. The number of hydrogen-bond donors (Lipinski definition) is 2. The van der Waals surface area contributed by atoms with Crippen molar-refractivity contribution in [3.63, 3.8) is 0 Å². The van der Waals surface area contributed by atoms with Crippen LogP contribution in [0, 0.1) is 0 Å². The van der Waals surface area contributed by atoms with Gasteiger partial charge in [0.05, 0.1) is 36.2 Å². The SMILES string of the molecule is CNc1cc(-c2cn([C@@H]3CN(C)C[C@H]3OC)c3ncccc23)nc2c(C(=O)N[C@@H]3CC[C@H]3OC)cnn12. The fraction of sp³-hybridized carbons (Fsp3) is 0.462. The lowest BCUT2D eigenvalue weighted by molar-refractivity contribution is 0.00732. The van der Waals surface area contributed by atoms with Crippen LogP contribution in [0.15, 0.2) is 36.8 Å². The zero-order valence-electron chi connectivity index (χ0n) is 21.5. The van der Waals surface area contributed by atoms with Crippen LogP contribution < -0.4 is 10.6 Å². The molecule has 0 aromatic carbocycles. The van der Waals surface area contributed by atoms with E-state index in [-0.39, 0.29) is 30.2 Å². The number of likely N-dealkylation sites (N-methyl/N-ethyl adjacent to an activating group) is 1. The number of nitrogens with one attached hydrogen (secondary N) is 2. The lowest BCUT2D eigenvalue weighted by atomic mass is 9.89. The average Bonchev–Trinajstić information content (AvgIpc) is 3.60. The summed E-state index contributed by atoms with van der Waals surface area (Å²) in [5, 5.41) is 11.7. The number of rotatable bonds is 7. The maximum atomic E-state index is 13.2. The molecule has 0 spiro atoms. The van der Waals surface area contributed by atoms with Gasteiger partial charge in [0.2, 0.25) is 0 Å². The van der Waals surface area contributed by atoms with Crippen LogP contribution in [0.25, 0.3) is 27.9 Å². The number of amides is 1. The first-order valence-electron chi connectivity index (χ1n) is 12.6. The summed E-state index contributed by atoms with van der Waals surface area (Å²) < 4.78 is 15.1. The Kier molecular flexibility index (Phi) is 6.06. The molecule has 0 unspecified atom stereocenters. The fourth-order valence-electron chi connectivity index (χ4n) is 5.58. The summed E-state index contributed by atoms with van der Waals surface area (Å²) in [5.74, 6) is 0.534. The van der Waals surface area contributed by atoms with Crippen molar-refractivity contribution in [2.24, 2.45) is 0 Å². The van der Waals surface area contributed by atoms with E-state index >= 15 is 0 Å². The third kappa shape index (κ3) is 3.94. The quantitative estimate of drug-likeness (QED) is 0.394. The van der Waals surface area contributed by atoms with Crippen LogP contribution in [-0.4, -0.2) is 94.6 Å². The van der Waals surface area contributed by atoms with Crippen LogP contribution in [0.3, 0.4) is 0 Å². The summed E-state index contributed by atoms with van der Waals surface area (Å²) >= 11 is 0. The van der Waals surface area contributed by atoms with E-state index in [1.54, 1.807) is 24.9 Å². The van der Waals surface area contributed by atoms with Gasteiger partial charge in [-0.1, -0.05) is 0 Å². The molecule has 2 N–H and O–H groups in total. The number of nitrogens with zero attached hydrogens (tertiary/aromatic N) is 6. The molecular formula is C26H32N8O3. The Morgan fingerprint density at radius 3 is 2.70 bits per heavy atom. The molecular weight excluding hydrogens is 472 g/mol. The maximum Gasteiger partial charge on any atom is 0.257 e. The molecule has 2 aliphatic rings. The van der Waals surface area contributed by atoms with Crippen molar-refractivity contribution in [3.05, 3.63) is 42.4 Å². The number of pyridine rings is 1. The molecule has 11 nitrogen and oxygen atoms in total. The van der Waals surface area contributed by atoms with Gasteiger partial charge in [-0.25, -0.2) is 9.97 Å². The predicted octanol–water partition coefficient (Wildman–Crippen LogP) is 2.20. The summed E-state index contributed by atoms with van der Waals surface area (Å²) in [6.07, 6.45) is 7.45. The molecule has 194 valence electrons. The molecule has 0 bridgehead atoms. The van der Waals surface area contributed by atoms with E-state index in [2.05, 4.69) is 44.5 Å². The topological polar surface area (TPSA) is 111 Å². The first kappa shape index (κ1) is 23.8. The standard InChI is InChI=1S/C26H32N8O3/c1-27-23-10-19(30-25-16(11-29-34(23)25)26(35)31-18-7-8-21(18)36-3)17-12-33(24-15(17)6-5-9-28-24)20-13-32(2)14-22(20)37-4/h5-6,9-12,18,20-22,27H,7-8,13-14H2,1-4H3,(H,31,35)/t18-,20-,21-,22-/m1/s1. The van der Waals surface area contributed by atoms with E-state index in [0.717, 1.165) is 54.0 Å². The summed E-state index contributed by atoms with van der Waals surface area (Å²) in [4.78, 5) is 25.2. The van der Waals surface area contributed by atoms with E-state index in [0.29, 0.717) is 11.2 Å². The Bertz CT molecular complexity index is 1460. The molecule has 11 heteroatoms. The monoisotopic (exact) mass is 504 g/mol. The Morgan fingerprint density at radius 1 is 1.14 bits per heavy atom. The van der Waals surface area contributed by atoms with E-state index in [9.17, 15) is 4.79 Å². The number of likely N-dealkylation sites (tertiary alicyclic amines) is 1. The minimum Gasteiger partial charge on any atom is -0.379 e. The number of aromatic nitrogens is 5. The highest BCUT2D eigenvalue weighted by molar-refractivity contribution is 6.01. The fourth-order valence-corrected chi connectivity index (χ4v) is 5.58. The summed E-state index contributed by atoms with van der Waals surface area (Å²) in [5.41, 5.74) is 3.49. The van der Waals surface area contributed by atoms with Gasteiger partial charge < -0.3 is 29.6 Å². The molecule has 37 heavy (non-hydrogen) atoms. The van der Waals surface area contributed by atoms with Crippen LogP contribution in [0.1, 0.15) is 29.2 Å². The first-order valence-corrected chi connectivity index (χ1v) is 12.6. The molecule has 1 aliphatic carbocycles. The van der Waals surface area contributed by atoms with Crippen LogP contribution in [-0.2, 0) is 9.47 Å². The molecule has 1 amide bonds. The zero-order valence-corrected chi connectivity index (χ0v) is 21.5. The molecule has 4 atom stereocenters. The number of carbonyl (C=O) groups excluding carboxylic acids is 1. The maximum absolute atomic E-state index is 13.2. The molecule has 4 aromatic rings. The van der Waals surface area contributed by atoms with Gasteiger partial charge in [0.15, 0.2) is 5.65 Å². The van der Waals surface area contributed by atoms with Gasteiger partial charge in [0, 0.05) is 63.8 Å². The highest BCUT2D eigenvalue weighted by Crippen LogP contribution is 2.35. The molecule has 6 rings (SSSR count). The van der Waals surface area contributed by atoms with Crippen molar-refractivity contribution >= 4 is 28.4 Å². The van der Waals surface area contributed by atoms with Crippen molar-refractivity contribution in [3.8, 4) is 11.3 Å². The summed E-state index contributed by atoms with van der Waals surface area (Å²) in [6, 6.07) is 6.08. The Balaban J connectivity index is 1.45. The van der Waals surface area contributed by atoms with E-state index in [1.165, 1.54) is 0 Å². The van der Waals surface area contributed by atoms with Crippen LogP contribution in [0.2, 0.25) is 0 Å². The van der Waals surface area contributed by atoms with Crippen LogP contribution in [0.4, 0.5) is 5.82 Å². The van der Waals surface area contributed by atoms with Gasteiger partial charge in [-0.3, -0.25) is 4.79 Å². The predicted molar refractivity (Wildman–Crippen MR) is 140 cm³/mol. The van der Waals surface area contributed by atoms with Gasteiger partial charge in [-0.2, -0.15) is 9.61 Å². The molecule has 5 heterocycles. The Hall–Kier alpha value is -3.54. The third-order valence-electron chi connectivity index (χ3n) is 7.75. The minimum atomic E-state index is -0.200. The molecule has 2 fully saturated rings. The summed E-state index contributed by atoms with van der Waals surface area (Å²) in [6.45, 7) is 1.72. The second-order valence-corrected chi connectivity index (χ2v) is 9.89. The second-order valence-electron chi connectivity index (χ2n) is 9.89. The number of hydrogen-bond acceptors (Lipinski definition) is 8. The Labute approximate surface area is 214 Å². The number of fused-ring (bicyclic) bond motifs is 2. The smallest absolute Gasteiger partial charge is 0.257 e. The highest BCUT2D eigenvalue weighted by Gasteiger charge is 2.35. The Morgan fingerprint density at radius 2 is 1.97 bits per heavy atom. The normalized spacial score (nSPS) is 24.0. The average molecular weight is 505 g/mol. The van der Waals surface area contributed by atoms with Crippen molar-refractivity contribution in [1.82, 2.24) is 34.4 Å². The number of carbonyl (C=O) groups is 1. The van der Waals surface area contributed by atoms with Gasteiger partial charge in [-0.15, -0.1) is 0 Å². The van der Waals surface area contributed by atoms with E-state index in [4.69, 9.17) is 19.4 Å². The minimum absolute atomic E-state index is 0.00160. The van der Waals surface area contributed by atoms with Gasteiger partial charge in [0.25, 0.3) is 5.91 Å². The summed E-state index contributed by atoms with van der Waals surface area (Å²) in [7, 11) is 7.37. The van der Waals surface area contributed by atoms with Crippen molar-refractivity contribution in [1.29, 1.82) is 0 Å². The lowest BCUT2D eigenvalue weighted by Crippen LogP contribution is -2.51. The zero-order chi connectivity index (χ0) is 25.7.